The van der Waals surface area contributed by atoms with Crippen molar-refractivity contribution in [1.82, 2.24) is 9.34 Å². The summed E-state index contributed by atoms with van der Waals surface area (Å²) < 4.78 is 21.7. The molecule has 0 N–H and O–H groups in total. The standard InChI is InChI=1S/C12H20ClN2O2P/c1-6-10-9-11(13)7-8-12(10)17-18(16,14(2)3)15(4)5/h7-9H,6H2,1-5H3. The van der Waals surface area contributed by atoms with Gasteiger partial charge in [-0.3, -0.25) is 0 Å². The van der Waals surface area contributed by atoms with Gasteiger partial charge in [0.25, 0.3) is 0 Å². The number of halogens is 1. The maximum absolute atomic E-state index is 12.7. The van der Waals surface area contributed by atoms with E-state index in [9.17, 15) is 4.57 Å². The lowest BCUT2D eigenvalue weighted by Gasteiger charge is -2.30. The van der Waals surface area contributed by atoms with Gasteiger partial charge in [0, 0.05) is 5.02 Å². The van der Waals surface area contributed by atoms with Gasteiger partial charge in [-0.05, 0) is 58.4 Å². The van der Waals surface area contributed by atoms with Crippen LogP contribution in [0, 0.1) is 0 Å². The minimum Gasteiger partial charge on any atom is -0.422 e. The predicted molar refractivity (Wildman–Crippen MR) is 76.4 cm³/mol. The number of hydrogen-bond donors (Lipinski definition) is 0. The van der Waals surface area contributed by atoms with E-state index in [4.69, 9.17) is 16.1 Å². The lowest BCUT2D eigenvalue weighted by molar-refractivity contribution is 0.352. The molecule has 0 heterocycles. The summed E-state index contributed by atoms with van der Waals surface area (Å²) in [5.41, 5.74) is 0.950. The van der Waals surface area contributed by atoms with Crippen LogP contribution in [0.4, 0.5) is 0 Å². The van der Waals surface area contributed by atoms with Crippen LogP contribution in [0.3, 0.4) is 0 Å². The van der Waals surface area contributed by atoms with E-state index in [0.29, 0.717) is 10.8 Å². The summed E-state index contributed by atoms with van der Waals surface area (Å²) in [6, 6.07) is 5.35. The molecule has 0 saturated heterocycles. The summed E-state index contributed by atoms with van der Waals surface area (Å²) in [7, 11) is 3.94. The van der Waals surface area contributed by atoms with Crippen LogP contribution in [0.25, 0.3) is 0 Å². The van der Waals surface area contributed by atoms with Crippen LogP contribution < -0.4 is 4.52 Å². The molecule has 0 bridgehead atoms. The molecule has 0 saturated carbocycles. The molecule has 6 heteroatoms. The van der Waals surface area contributed by atoms with E-state index < -0.39 is 7.67 Å². The summed E-state index contributed by atoms with van der Waals surface area (Å²) in [4.78, 5) is 0. The average Bonchev–Trinajstić information content (AvgIpc) is 2.30. The first-order valence-corrected chi connectivity index (χ1v) is 7.65. The largest absolute Gasteiger partial charge is 0.422 e. The molecule has 0 aliphatic heterocycles. The number of hydrogen-bond acceptors (Lipinski definition) is 2. The van der Waals surface area contributed by atoms with Crippen molar-refractivity contribution in [3.63, 3.8) is 0 Å². The van der Waals surface area contributed by atoms with Crippen LogP contribution in [-0.4, -0.2) is 37.5 Å². The summed E-state index contributed by atoms with van der Waals surface area (Å²) in [6.07, 6.45) is 0.775. The van der Waals surface area contributed by atoms with Gasteiger partial charge < -0.3 is 4.52 Å². The van der Waals surface area contributed by atoms with E-state index in [1.807, 2.05) is 13.0 Å². The van der Waals surface area contributed by atoms with E-state index in [2.05, 4.69) is 0 Å². The molecule has 0 aliphatic carbocycles. The highest BCUT2D eigenvalue weighted by Gasteiger charge is 2.31. The minimum atomic E-state index is -3.02. The van der Waals surface area contributed by atoms with Crippen LogP contribution in [-0.2, 0) is 11.0 Å². The van der Waals surface area contributed by atoms with Crippen molar-refractivity contribution in [3.8, 4) is 5.75 Å². The first-order chi connectivity index (χ1) is 8.31. The highest BCUT2D eigenvalue weighted by Crippen LogP contribution is 2.51. The first kappa shape index (κ1) is 15.5. The Kier molecular flexibility index (Phi) is 5.23. The van der Waals surface area contributed by atoms with Crippen molar-refractivity contribution in [2.75, 3.05) is 28.2 Å². The Morgan fingerprint density at radius 1 is 1.22 bits per heavy atom. The van der Waals surface area contributed by atoms with Crippen LogP contribution in [0.1, 0.15) is 12.5 Å². The molecule has 0 atom stereocenters. The molecule has 0 radical (unpaired) electrons. The molecule has 0 fully saturated rings. The van der Waals surface area contributed by atoms with E-state index >= 15 is 0 Å². The van der Waals surface area contributed by atoms with E-state index in [1.165, 1.54) is 0 Å². The lowest BCUT2D eigenvalue weighted by atomic mass is 10.1. The maximum Gasteiger partial charge on any atom is 0.394 e. The monoisotopic (exact) mass is 290 g/mol. The van der Waals surface area contributed by atoms with Crippen molar-refractivity contribution in [2.24, 2.45) is 0 Å². The zero-order valence-electron chi connectivity index (χ0n) is 11.5. The molecule has 1 aromatic rings. The molecule has 1 aromatic carbocycles. The molecule has 4 nitrogen and oxygen atoms in total. The quantitative estimate of drug-likeness (QED) is 0.777. The Balaban J connectivity index is 3.13. The van der Waals surface area contributed by atoms with Gasteiger partial charge in [0.05, 0.1) is 0 Å². The lowest BCUT2D eigenvalue weighted by Crippen LogP contribution is -2.24. The third kappa shape index (κ3) is 3.27. The average molecular weight is 291 g/mol. The van der Waals surface area contributed by atoms with E-state index in [1.54, 1.807) is 49.7 Å². The molecule has 102 valence electrons. The van der Waals surface area contributed by atoms with E-state index in [0.717, 1.165) is 12.0 Å². The fourth-order valence-corrected chi connectivity index (χ4v) is 3.23. The highest BCUT2D eigenvalue weighted by molar-refractivity contribution is 7.54. The zero-order valence-corrected chi connectivity index (χ0v) is 13.1. The van der Waals surface area contributed by atoms with Crippen molar-refractivity contribution < 1.29 is 9.09 Å². The maximum atomic E-state index is 12.7. The number of aryl methyl sites for hydroxylation is 1. The molecule has 0 aliphatic rings. The highest BCUT2D eigenvalue weighted by atomic mass is 35.5. The summed E-state index contributed by atoms with van der Waals surface area (Å²) in [5, 5.41) is 0.656. The van der Waals surface area contributed by atoms with Crippen molar-refractivity contribution in [3.05, 3.63) is 28.8 Å². The van der Waals surface area contributed by atoms with Crippen molar-refractivity contribution in [2.45, 2.75) is 13.3 Å². The zero-order chi connectivity index (χ0) is 13.9. The topological polar surface area (TPSA) is 32.8 Å². The number of benzene rings is 1. The molecule has 1 rings (SSSR count). The molecule has 0 spiro atoms. The van der Waals surface area contributed by atoms with Gasteiger partial charge in [0.2, 0.25) is 0 Å². The third-order valence-corrected chi connectivity index (χ3v) is 5.32. The Morgan fingerprint density at radius 3 is 2.22 bits per heavy atom. The summed E-state index contributed by atoms with van der Waals surface area (Å²) >= 11 is 5.95. The van der Waals surface area contributed by atoms with Gasteiger partial charge in [-0.15, -0.1) is 0 Å². The van der Waals surface area contributed by atoms with E-state index in [-0.39, 0.29) is 0 Å². The van der Waals surface area contributed by atoms with Crippen LogP contribution >= 0.6 is 19.3 Å². The second kappa shape index (κ2) is 6.07. The summed E-state index contributed by atoms with van der Waals surface area (Å²) in [6.45, 7) is 2.01. The number of rotatable bonds is 5. The molecule has 0 amide bonds. The van der Waals surface area contributed by atoms with Crippen LogP contribution in [0.2, 0.25) is 5.02 Å². The Hall–Kier alpha value is -0.540. The Morgan fingerprint density at radius 2 is 1.78 bits per heavy atom. The first-order valence-electron chi connectivity index (χ1n) is 5.75. The van der Waals surface area contributed by atoms with Gasteiger partial charge in [0.15, 0.2) is 0 Å². The summed E-state index contributed by atoms with van der Waals surface area (Å²) in [5.74, 6) is 0.618. The molecular formula is C12H20ClN2O2P. The second-order valence-corrected chi connectivity index (χ2v) is 7.58. The SMILES string of the molecule is CCc1cc(Cl)ccc1OP(=O)(N(C)C)N(C)C. The van der Waals surface area contributed by atoms with Gasteiger partial charge >= 0.3 is 7.67 Å². The smallest absolute Gasteiger partial charge is 0.394 e. The minimum absolute atomic E-state index is 0.618. The van der Waals surface area contributed by atoms with Gasteiger partial charge in [-0.2, -0.15) is 0 Å². The normalized spacial score (nSPS) is 12.2. The second-order valence-electron chi connectivity index (χ2n) is 4.38. The van der Waals surface area contributed by atoms with Crippen molar-refractivity contribution >= 4 is 19.3 Å². The third-order valence-electron chi connectivity index (χ3n) is 2.63. The van der Waals surface area contributed by atoms with Gasteiger partial charge in [0.1, 0.15) is 5.75 Å². The fourth-order valence-electron chi connectivity index (χ4n) is 1.56. The Bertz CT molecular complexity index is 451. The molecule has 18 heavy (non-hydrogen) atoms. The fraction of sp³-hybridized carbons (Fsp3) is 0.500. The molecule has 0 unspecified atom stereocenters. The molecule has 0 aromatic heterocycles. The van der Waals surface area contributed by atoms with Crippen molar-refractivity contribution in [1.29, 1.82) is 0 Å². The van der Waals surface area contributed by atoms with Gasteiger partial charge in [-0.1, -0.05) is 18.5 Å². The van der Waals surface area contributed by atoms with Crippen LogP contribution in [0.5, 0.6) is 5.75 Å². The predicted octanol–water partition coefficient (Wildman–Crippen LogP) is 3.51. The van der Waals surface area contributed by atoms with Gasteiger partial charge in [-0.25, -0.2) is 13.9 Å². The number of nitrogens with zero attached hydrogens (tertiary/aromatic N) is 2. The molecular weight excluding hydrogens is 271 g/mol. The Labute approximate surface area is 114 Å². The van der Waals surface area contributed by atoms with Crippen LogP contribution in [0.15, 0.2) is 18.2 Å².